The quantitative estimate of drug-likeness (QED) is 0.307. The van der Waals surface area contributed by atoms with Crippen molar-refractivity contribution >= 4 is 5.97 Å². The zero-order valence-electron chi connectivity index (χ0n) is 15.1. The Morgan fingerprint density at radius 3 is 2.81 bits per heavy atom. The predicted molar refractivity (Wildman–Crippen MR) is 95.4 cm³/mol. The third kappa shape index (κ3) is 5.80. The van der Waals surface area contributed by atoms with Crippen molar-refractivity contribution in [3.63, 3.8) is 0 Å². The Bertz CT molecular complexity index is 631. The highest BCUT2D eigenvalue weighted by atomic mass is 16.6. The fraction of sp³-hybridized carbons (Fsp3) is 0.450. The fourth-order valence-electron chi connectivity index (χ4n) is 2.61. The molecule has 3 atom stereocenters. The average Bonchev–Trinajstić information content (AvgIpc) is 2.69. The molecular formula is C20H24O6. The van der Waals surface area contributed by atoms with Crippen molar-refractivity contribution in [3.8, 4) is 18.1 Å². The summed E-state index contributed by atoms with van der Waals surface area (Å²) in [7, 11) is 2.93. The molecular weight excluding hydrogens is 336 g/mol. The molecule has 26 heavy (non-hydrogen) atoms. The minimum absolute atomic E-state index is 0.290. The molecule has 1 aliphatic rings. The summed E-state index contributed by atoms with van der Waals surface area (Å²) in [6.07, 6.45) is 8.54. The summed E-state index contributed by atoms with van der Waals surface area (Å²) in [4.78, 5) is 11.1. The van der Waals surface area contributed by atoms with Gasteiger partial charge in [-0.1, -0.05) is 18.1 Å². The third-order valence-electron chi connectivity index (χ3n) is 4.02. The number of carbonyl (C=O) groups is 1. The number of carbonyl (C=O) groups excluding carboxylic acids is 1. The summed E-state index contributed by atoms with van der Waals surface area (Å²) in [5.41, 5.74) is 0.977. The number of methoxy groups -OCH3 is 2. The van der Waals surface area contributed by atoms with Crippen molar-refractivity contribution in [1.29, 1.82) is 0 Å². The van der Waals surface area contributed by atoms with Crippen LogP contribution in [0.25, 0.3) is 0 Å². The summed E-state index contributed by atoms with van der Waals surface area (Å²) in [5.74, 6) is 2.93. The van der Waals surface area contributed by atoms with Crippen LogP contribution in [0, 0.1) is 12.3 Å². The molecule has 0 radical (unpaired) electrons. The zero-order chi connectivity index (χ0) is 18.8. The Hall–Kier alpha value is -2.49. The van der Waals surface area contributed by atoms with Crippen molar-refractivity contribution in [2.75, 3.05) is 20.8 Å². The van der Waals surface area contributed by atoms with Gasteiger partial charge in [0.1, 0.15) is 24.1 Å². The van der Waals surface area contributed by atoms with Gasteiger partial charge in [-0.25, -0.2) is 4.79 Å². The number of hydrogen-bond acceptors (Lipinski definition) is 6. The molecule has 0 saturated carbocycles. The number of rotatable bonds is 8. The molecule has 0 aromatic heterocycles. The maximum atomic E-state index is 11.1. The summed E-state index contributed by atoms with van der Waals surface area (Å²) in [6, 6.07) is 7.57. The first-order valence-corrected chi connectivity index (χ1v) is 8.40. The van der Waals surface area contributed by atoms with E-state index in [1.165, 1.54) is 19.4 Å². The van der Waals surface area contributed by atoms with E-state index in [1.54, 1.807) is 7.11 Å². The van der Waals surface area contributed by atoms with Gasteiger partial charge in [-0.2, -0.15) is 0 Å². The Kier molecular flexibility index (Phi) is 8.00. The van der Waals surface area contributed by atoms with Gasteiger partial charge in [0.2, 0.25) is 0 Å². The van der Waals surface area contributed by atoms with Gasteiger partial charge in [-0.15, -0.1) is 6.42 Å². The molecule has 1 saturated heterocycles. The van der Waals surface area contributed by atoms with Gasteiger partial charge in [0, 0.05) is 6.61 Å². The second-order valence-electron chi connectivity index (χ2n) is 5.72. The SMILES string of the molecule is C#C[C@@H](OCc1ccc(OC)cc1)[C@H]1OCCC[C@@H]1O/C=C/C(=O)OC. The van der Waals surface area contributed by atoms with E-state index in [1.807, 2.05) is 24.3 Å². The van der Waals surface area contributed by atoms with Gasteiger partial charge in [0.05, 0.1) is 33.2 Å². The molecule has 2 rings (SSSR count). The van der Waals surface area contributed by atoms with Crippen molar-refractivity contribution < 1.29 is 28.5 Å². The van der Waals surface area contributed by atoms with Crippen LogP contribution in [0.4, 0.5) is 0 Å². The van der Waals surface area contributed by atoms with E-state index >= 15 is 0 Å². The molecule has 6 nitrogen and oxygen atoms in total. The first kappa shape index (κ1) is 19.8. The highest BCUT2D eigenvalue weighted by Crippen LogP contribution is 2.23. The van der Waals surface area contributed by atoms with Crippen LogP contribution >= 0.6 is 0 Å². The Morgan fingerprint density at radius 1 is 1.38 bits per heavy atom. The zero-order valence-corrected chi connectivity index (χ0v) is 15.1. The topological polar surface area (TPSA) is 63.2 Å². The number of terminal acetylenes is 1. The van der Waals surface area contributed by atoms with E-state index < -0.39 is 18.2 Å². The Labute approximate surface area is 154 Å². The smallest absolute Gasteiger partial charge is 0.333 e. The van der Waals surface area contributed by atoms with Crippen LogP contribution in [0.5, 0.6) is 5.75 Å². The molecule has 1 aliphatic heterocycles. The molecule has 0 aliphatic carbocycles. The van der Waals surface area contributed by atoms with E-state index in [0.717, 1.165) is 24.2 Å². The van der Waals surface area contributed by atoms with Crippen molar-refractivity contribution in [1.82, 2.24) is 0 Å². The van der Waals surface area contributed by atoms with Crippen LogP contribution < -0.4 is 4.74 Å². The van der Waals surface area contributed by atoms with Gasteiger partial charge < -0.3 is 23.7 Å². The second-order valence-corrected chi connectivity index (χ2v) is 5.72. The van der Waals surface area contributed by atoms with Crippen LogP contribution in [0.3, 0.4) is 0 Å². The molecule has 0 N–H and O–H groups in total. The van der Waals surface area contributed by atoms with E-state index in [4.69, 9.17) is 25.4 Å². The Morgan fingerprint density at radius 2 is 2.15 bits per heavy atom. The van der Waals surface area contributed by atoms with Crippen LogP contribution in [0.15, 0.2) is 36.6 Å². The average molecular weight is 360 g/mol. The van der Waals surface area contributed by atoms with Crippen molar-refractivity contribution in [3.05, 3.63) is 42.2 Å². The lowest BCUT2D eigenvalue weighted by Crippen LogP contribution is -2.44. The van der Waals surface area contributed by atoms with Crippen LogP contribution in [-0.4, -0.2) is 45.1 Å². The predicted octanol–water partition coefficient (Wildman–Crippen LogP) is 2.46. The summed E-state index contributed by atoms with van der Waals surface area (Å²) in [5, 5.41) is 0. The molecule has 6 heteroatoms. The molecule has 1 heterocycles. The Balaban J connectivity index is 1.94. The van der Waals surface area contributed by atoms with Gasteiger partial charge in [-0.3, -0.25) is 0 Å². The number of esters is 1. The third-order valence-corrected chi connectivity index (χ3v) is 4.02. The van der Waals surface area contributed by atoms with E-state index in [-0.39, 0.29) is 6.10 Å². The van der Waals surface area contributed by atoms with E-state index in [9.17, 15) is 4.79 Å². The largest absolute Gasteiger partial charge is 0.497 e. The lowest BCUT2D eigenvalue weighted by molar-refractivity contribution is -0.137. The maximum Gasteiger partial charge on any atom is 0.333 e. The fourth-order valence-corrected chi connectivity index (χ4v) is 2.61. The normalized spacial score (nSPS) is 21.0. The monoisotopic (exact) mass is 360 g/mol. The minimum Gasteiger partial charge on any atom is -0.497 e. The standard InChI is InChI=1S/C20H24O6/c1-4-17(26-14-15-7-9-16(22-2)10-8-15)20-18(6-5-12-25-20)24-13-11-19(21)23-3/h1,7-11,13,17-18,20H,5-6,12,14H2,2-3H3/b13-11+/t17-,18+,20-/m1/s1. The summed E-state index contributed by atoms with van der Waals surface area (Å²) in [6.45, 7) is 0.943. The number of ether oxygens (including phenoxy) is 5. The molecule has 1 aromatic rings. The van der Waals surface area contributed by atoms with Gasteiger partial charge >= 0.3 is 5.97 Å². The molecule has 1 fully saturated rings. The van der Waals surface area contributed by atoms with Crippen molar-refractivity contribution in [2.24, 2.45) is 0 Å². The second kappa shape index (κ2) is 10.5. The number of hydrogen-bond donors (Lipinski definition) is 0. The highest BCUT2D eigenvalue weighted by Gasteiger charge is 2.34. The first-order valence-electron chi connectivity index (χ1n) is 8.40. The molecule has 0 amide bonds. The lowest BCUT2D eigenvalue weighted by Gasteiger charge is -2.34. The molecule has 0 spiro atoms. The van der Waals surface area contributed by atoms with E-state index in [0.29, 0.717) is 13.2 Å². The van der Waals surface area contributed by atoms with Gasteiger partial charge in [0.25, 0.3) is 0 Å². The summed E-state index contributed by atoms with van der Waals surface area (Å²) < 4.78 is 27.0. The van der Waals surface area contributed by atoms with E-state index in [2.05, 4.69) is 10.7 Å². The molecule has 0 bridgehead atoms. The first-order chi connectivity index (χ1) is 12.7. The van der Waals surface area contributed by atoms with Gasteiger partial charge in [0.15, 0.2) is 0 Å². The van der Waals surface area contributed by atoms with Crippen LogP contribution in [0.1, 0.15) is 18.4 Å². The van der Waals surface area contributed by atoms with Gasteiger partial charge in [-0.05, 0) is 30.5 Å². The van der Waals surface area contributed by atoms with Crippen LogP contribution in [0.2, 0.25) is 0 Å². The minimum atomic E-state index is -0.561. The van der Waals surface area contributed by atoms with Crippen molar-refractivity contribution in [2.45, 2.75) is 37.8 Å². The lowest BCUT2D eigenvalue weighted by atomic mass is 10.0. The molecule has 0 unspecified atom stereocenters. The number of benzene rings is 1. The maximum absolute atomic E-state index is 11.1. The highest BCUT2D eigenvalue weighted by molar-refractivity contribution is 5.81. The van der Waals surface area contributed by atoms with Crippen LogP contribution in [-0.2, 0) is 30.3 Å². The molecule has 140 valence electrons. The molecule has 1 aromatic carbocycles. The summed E-state index contributed by atoms with van der Waals surface area (Å²) >= 11 is 0.